The van der Waals surface area contributed by atoms with Crippen molar-refractivity contribution in [3.8, 4) is 11.3 Å². The molecule has 3 aromatic heterocycles. The van der Waals surface area contributed by atoms with E-state index < -0.39 is 17.8 Å². The molecule has 1 fully saturated rings. The molecule has 4 heterocycles. The molecule has 10 heteroatoms. The Bertz CT molecular complexity index is 1430. The highest BCUT2D eigenvalue weighted by Crippen LogP contribution is 2.34. The van der Waals surface area contributed by atoms with Crippen LogP contribution in [-0.2, 0) is 0 Å². The van der Waals surface area contributed by atoms with Gasteiger partial charge in [0, 0.05) is 23.4 Å². The predicted molar refractivity (Wildman–Crippen MR) is 142 cm³/mol. The van der Waals surface area contributed by atoms with Crippen LogP contribution in [0.25, 0.3) is 22.3 Å². The highest BCUT2D eigenvalue weighted by atomic mass is 19.1. The normalized spacial score (nSPS) is 15.9. The maximum Gasteiger partial charge on any atom is 0.229 e. The molecule has 7 nitrogen and oxygen atoms in total. The van der Waals surface area contributed by atoms with Gasteiger partial charge in [-0.15, -0.1) is 0 Å². The van der Waals surface area contributed by atoms with Crippen molar-refractivity contribution in [1.82, 2.24) is 29.4 Å². The fraction of sp³-hybridized carbons (Fsp3) is 0.429. The van der Waals surface area contributed by atoms with E-state index in [1.54, 1.807) is 18.2 Å². The van der Waals surface area contributed by atoms with Crippen LogP contribution in [0.3, 0.4) is 0 Å². The number of likely N-dealkylation sites (tertiary alicyclic amines) is 1. The van der Waals surface area contributed by atoms with Gasteiger partial charge < -0.3 is 14.8 Å². The minimum absolute atomic E-state index is 0.0186. The van der Waals surface area contributed by atoms with Crippen LogP contribution < -0.4 is 5.32 Å². The van der Waals surface area contributed by atoms with Crippen LogP contribution >= 0.6 is 0 Å². The number of fused-ring (bicyclic) bond motifs is 1. The lowest BCUT2D eigenvalue weighted by Crippen LogP contribution is -2.34. The first kappa shape index (κ1) is 26.1. The fourth-order valence-electron chi connectivity index (χ4n) is 5.28. The third-order valence-corrected chi connectivity index (χ3v) is 7.30. The number of benzene rings is 1. The van der Waals surface area contributed by atoms with Gasteiger partial charge in [0.25, 0.3) is 0 Å². The van der Waals surface area contributed by atoms with Crippen molar-refractivity contribution in [3.05, 3.63) is 59.7 Å². The minimum Gasteiger partial charge on any atom is -0.326 e. The summed E-state index contributed by atoms with van der Waals surface area (Å²) in [5.41, 5.74) is 1.57. The van der Waals surface area contributed by atoms with E-state index in [0.29, 0.717) is 22.7 Å². The number of nitrogens with one attached hydrogen (secondary N) is 1. The molecule has 1 aromatic carbocycles. The van der Waals surface area contributed by atoms with E-state index in [9.17, 15) is 8.78 Å². The first-order valence-corrected chi connectivity index (χ1v) is 13.1. The molecule has 1 N–H and O–H groups in total. The average Bonchev–Trinajstić information content (AvgIpc) is 3.26. The van der Waals surface area contributed by atoms with E-state index in [1.807, 2.05) is 25.3 Å². The lowest BCUT2D eigenvalue weighted by Gasteiger charge is -2.32. The van der Waals surface area contributed by atoms with Gasteiger partial charge in [-0.25, -0.2) is 33.1 Å². The summed E-state index contributed by atoms with van der Waals surface area (Å²) in [4.78, 5) is 19.3. The molecule has 1 aliphatic heterocycles. The van der Waals surface area contributed by atoms with Gasteiger partial charge in [-0.1, -0.05) is 13.0 Å². The molecule has 0 amide bonds. The topological polar surface area (TPSA) is 71.8 Å². The van der Waals surface area contributed by atoms with Crippen molar-refractivity contribution in [1.29, 1.82) is 0 Å². The summed E-state index contributed by atoms with van der Waals surface area (Å²) < 4.78 is 46.8. The van der Waals surface area contributed by atoms with Crippen LogP contribution in [0.4, 0.5) is 24.9 Å². The number of hydrogen-bond donors (Lipinski definition) is 1. The van der Waals surface area contributed by atoms with Gasteiger partial charge in [0.2, 0.25) is 5.95 Å². The Hall–Kier alpha value is -3.53. The number of piperidine rings is 1. The maximum absolute atomic E-state index is 15.1. The zero-order chi connectivity index (χ0) is 27.0. The number of aryl methyl sites for hydroxylation is 1. The van der Waals surface area contributed by atoms with E-state index >= 15 is 4.39 Å². The molecule has 0 spiro atoms. The molecule has 0 saturated carbocycles. The number of imidazole rings is 1. The summed E-state index contributed by atoms with van der Waals surface area (Å²) in [6.07, 6.45) is 3.13. The van der Waals surface area contributed by atoms with Crippen LogP contribution in [0.1, 0.15) is 57.2 Å². The van der Waals surface area contributed by atoms with Crippen molar-refractivity contribution >= 4 is 22.8 Å². The summed E-state index contributed by atoms with van der Waals surface area (Å²) in [7, 11) is 0. The standard InChI is InChI=1S/C28H32F3N7/c1-5-37-10-8-18(9-11-37)25(31)19-6-7-24(32-14-19)35-28-33-15-22(30)26(36-28)20-12-21(29)27-23(13-20)38(16(2)3)17(4)34-27/h6-7,12-16,18,25H,5,8-11H2,1-4H3,(H,32,33,35,36)/t25-/m0/s1. The van der Waals surface area contributed by atoms with Crippen molar-refractivity contribution in [2.24, 2.45) is 5.92 Å². The first-order valence-electron chi connectivity index (χ1n) is 13.1. The van der Waals surface area contributed by atoms with Crippen LogP contribution in [0.2, 0.25) is 0 Å². The number of alkyl halides is 1. The number of halogens is 3. The van der Waals surface area contributed by atoms with E-state index in [1.165, 1.54) is 12.3 Å². The highest BCUT2D eigenvalue weighted by molar-refractivity contribution is 5.83. The minimum atomic E-state index is -1.07. The number of nitrogens with zero attached hydrogens (tertiary/aromatic N) is 6. The van der Waals surface area contributed by atoms with Crippen LogP contribution in [0.5, 0.6) is 0 Å². The molecule has 200 valence electrons. The molecule has 1 saturated heterocycles. The van der Waals surface area contributed by atoms with Gasteiger partial charge in [-0.05, 0) is 77.4 Å². The lowest BCUT2D eigenvalue weighted by atomic mass is 9.89. The first-order chi connectivity index (χ1) is 18.2. The molecule has 1 aliphatic rings. The van der Waals surface area contributed by atoms with Crippen LogP contribution in [0.15, 0.2) is 36.7 Å². The number of rotatable bonds is 7. The van der Waals surface area contributed by atoms with Crippen LogP contribution in [0, 0.1) is 24.5 Å². The zero-order valence-electron chi connectivity index (χ0n) is 22.0. The molecular formula is C28H32F3N7. The van der Waals surface area contributed by atoms with E-state index in [2.05, 4.69) is 37.1 Å². The quantitative estimate of drug-likeness (QED) is 0.297. The fourth-order valence-corrected chi connectivity index (χ4v) is 5.28. The molecule has 5 rings (SSSR count). The molecule has 0 unspecified atom stereocenters. The van der Waals surface area contributed by atoms with Crippen molar-refractivity contribution in [3.63, 3.8) is 0 Å². The summed E-state index contributed by atoms with van der Waals surface area (Å²) in [6, 6.07) is 6.32. The number of pyridine rings is 1. The second kappa shape index (κ2) is 10.7. The highest BCUT2D eigenvalue weighted by Gasteiger charge is 2.27. The summed E-state index contributed by atoms with van der Waals surface area (Å²) in [5, 5.41) is 2.95. The summed E-state index contributed by atoms with van der Waals surface area (Å²) in [5.74, 6) is -0.0814. The van der Waals surface area contributed by atoms with Crippen molar-refractivity contribution in [2.75, 3.05) is 25.0 Å². The Morgan fingerprint density at radius 3 is 2.45 bits per heavy atom. The summed E-state index contributed by atoms with van der Waals surface area (Å²) >= 11 is 0. The zero-order valence-corrected chi connectivity index (χ0v) is 22.0. The third kappa shape index (κ3) is 5.09. The Morgan fingerprint density at radius 2 is 1.79 bits per heavy atom. The molecule has 0 radical (unpaired) electrons. The van der Waals surface area contributed by atoms with Crippen molar-refractivity contribution < 1.29 is 13.2 Å². The Labute approximate surface area is 220 Å². The molecular weight excluding hydrogens is 491 g/mol. The van der Waals surface area contributed by atoms with Crippen LogP contribution in [-0.4, -0.2) is 49.0 Å². The maximum atomic E-state index is 15.1. The predicted octanol–water partition coefficient (Wildman–Crippen LogP) is 6.54. The smallest absolute Gasteiger partial charge is 0.229 e. The molecule has 0 aliphatic carbocycles. The van der Waals surface area contributed by atoms with E-state index in [-0.39, 0.29) is 34.7 Å². The van der Waals surface area contributed by atoms with Gasteiger partial charge in [-0.3, -0.25) is 0 Å². The monoisotopic (exact) mass is 523 g/mol. The molecule has 1 atom stereocenters. The third-order valence-electron chi connectivity index (χ3n) is 7.30. The summed E-state index contributed by atoms with van der Waals surface area (Å²) in [6.45, 7) is 10.7. The number of hydrogen-bond acceptors (Lipinski definition) is 6. The van der Waals surface area contributed by atoms with Gasteiger partial charge in [0.15, 0.2) is 11.6 Å². The molecule has 0 bridgehead atoms. The lowest BCUT2D eigenvalue weighted by molar-refractivity contribution is 0.124. The second-order valence-electron chi connectivity index (χ2n) is 10.1. The van der Waals surface area contributed by atoms with Gasteiger partial charge in [0.05, 0.1) is 11.7 Å². The largest absolute Gasteiger partial charge is 0.326 e. The van der Waals surface area contributed by atoms with E-state index in [0.717, 1.165) is 38.7 Å². The van der Waals surface area contributed by atoms with Gasteiger partial charge >= 0.3 is 0 Å². The van der Waals surface area contributed by atoms with Gasteiger partial charge in [0.1, 0.15) is 29.0 Å². The second-order valence-corrected chi connectivity index (χ2v) is 10.1. The average molecular weight is 524 g/mol. The number of anilines is 2. The van der Waals surface area contributed by atoms with E-state index in [4.69, 9.17) is 0 Å². The Morgan fingerprint density at radius 1 is 1.03 bits per heavy atom. The Balaban J connectivity index is 1.37. The Kier molecular flexibility index (Phi) is 7.34. The van der Waals surface area contributed by atoms with Gasteiger partial charge in [-0.2, -0.15) is 0 Å². The number of aromatic nitrogens is 5. The molecule has 38 heavy (non-hydrogen) atoms. The van der Waals surface area contributed by atoms with Crippen molar-refractivity contribution in [2.45, 2.75) is 52.8 Å². The SMILES string of the molecule is CCN1CCC([C@H](F)c2ccc(Nc3ncc(F)c(-c4cc(F)c5nc(C)n(C(C)C)c5c4)n3)nc2)CC1. The molecule has 4 aromatic rings.